The zero-order chi connectivity index (χ0) is 17.3. The van der Waals surface area contributed by atoms with Crippen molar-refractivity contribution in [1.29, 1.82) is 0 Å². The van der Waals surface area contributed by atoms with E-state index in [0.717, 1.165) is 4.77 Å². The molecule has 0 amide bonds. The number of sulfonamides is 1. The summed E-state index contributed by atoms with van der Waals surface area (Å²) < 4.78 is 31.5. The van der Waals surface area contributed by atoms with E-state index in [2.05, 4.69) is 4.90 Å². The number of aromatic nitrogens is 2. The molecule has 0 N–H and O–H groups in total. The fourth-order valence-corrected chi connectivity index (χ4v) is 4.62. The molecule has 9 heteroatoms. The van der Waals surface area contributed by atoms with Crippen LogP contribution in [0, 0.1) is 4.77 Å². The third-order valence-corrected chi connectivity index (χ3v) is 6.79. The van der Waals surface area contributed by atoms with Crippen molar-refractivity contribution in [3.8, 4) is 0 Å². The summed E-state index contributed by atoms with van der Waals surface area (Å²) in [6.45, 7) is 2.90. The first-order chi connectivity index (χ1) is 11.4. The highest BCUT2D eigenvalue weighted by Gasteiger charge is 2.28. The molecule has 0 radical (unpaired) electrons. The van der Waals surface area contributed by atoms with Crippen molar-refractivity contribution in [2.75, 3.05) is 26.2 Å². The van der Waals surface area contributed by atoms with E-state index in [9.17, 15) is 8.42 Å². The lowest BCUT2D eigenvalue weighted by Crippen LogP contribution is -2.48. The van der Waals surface area contributed by atoms with Crippen molar-refractivity contribution >= 4 is 33.8 Å². The molecule has 1 aromatic carbocycles. The molecule has 1 saturated heterocycles. The van der Waals surface area contributed by atoms with E-state index in [1.807, 2.05) is 28.6 Å². The van der Waals surface area contributed by atoms with Gasteiger partial charge in [0.1, 0.15) is 0 Å². The SMILES string of the molecule is Cn1ccn(CN2CCN(S(=O)(=O)c3cccc(Cl)c3)CC2)c1=S. The van der Waals surface area contributed by atoms with Crippen molar-refractivity contribution in [2.45, 2.75) is 11.6 Å². The number of aryl methyl sites for hydroxylation is 1. The molecule has 24 heavy (non-hydrogen) atoms. The Morgan fingerprint density at radius 1 is 1.17 bits per heavy atom. The summed E-state index contributed by atoms with van der Waals surface area (Å²) in [4.78, 5) is 2.44. The van der Waals surface area contributed by atoms with Crippen LogP contribution in [0.3, 0.4) is 0 Å². The van der Waals surface area contributed by atoms with Gasteiger partial charge in [-0.05, 0) is 30.4 Å². The number of hydrogen-bond acceptors (Lipinski definition) is 4. The Kier molecular flexibility index (Phi) is 5.12. The third-order valence-electron chi connectivity index (χ3n) is 4.14. The van der Waals surface area contributed by atoms with Crippen LogP contribution < -0.4 is 0 Å². The molecule has 3 rings (SSSR count). The number of piperazine rings is 1. The Bertz CT molecular complexity index is 883. The molecule has 0 spiro atoms. The van der Waals surface area contributed by atoms with Crippen LogP contribution in [0.1, 0.15) is 0 Å². The predicted octanol–water partition coefficient (Wildman–Crippen LogP) is 2.17. The van der Waals surface area contributed by atoms with E-state index in [1.54, 1.807) is 18.2 Å². The van der Waals surface area contributed by atoms with Crippen molar-refractivity contribution in [3.05, 3.63) is 46.5 Å². The highest BCUT2D eigenvalue weighted by Crippen LogP contribution is 2.21. The second kappa shape index (κ2) is 6.97. The normalized spacial score (nSPS) is 17.2. The Balaban J connectivity index is 1.66. The van der Waals surface area contributed by atoms with Crippen LogP contribution in [0.4, 0.5) is 0 Å². The Labute approximate surface area is 151 Å². The minimum absolute atomic E-state index is 0.244. The highest BCUT2D eigenvalue weighted by molar-refractivity contribution is 7.89. The zero-order valence-corrected chi connectivity index (χ0v) is 15.7. The average molecular weight is 387 g/mol. The summed E-state index contributed by atoms with van der Waals surface area (Å²) in [6.07, 6.45) is 3.86. The lowest BCUT2D eigenvalue weighted by Gasteiger charge is -2.34. The van der Waals surface area contributed by atoms with Gasteiger partial charge in [0.05, 0.1) is 11.6 Å². The minimum Gasteiger partial charge on any atom is -0.327 e. The lowest BCUT2D eigenvalue weighted by atomic mass is 10.4. The van der Waals surface area contributed by atoms with Crippen LogP contribution in [0.15, 0.2) is 41.6 Å². The van der Waals surface area contributed by atoms with Crippen molar-refractivity contribution in [2.24, 2.45) is 7.05 Å². The van der Waals surface area contributed by atoms with E-state index >= 15 is 0 Å². The van der Waals surface area contributed by atoms with E-state index in [0.29, 0.717) is 37.9 Å². The molecule has 130 valence electrons. The number of rotatable bonds is 4. The Hall–Kier alpha value is -1.19. The summed E-state index contributed by atoms with van der Waals surface area (Å²) in [6, 6.07) is 6.40. The standard InChI is InChI=1S/C15H19ClN4O2S2/c1-17-5-8-19(15(17)23)12-18-6-9-20(10-7-18)24(21,22)14-4-2-3-13(16)11-14/h2-5,8,11H,6-7,9-10,12H2,1H3. The second-order valence-corrected chi connectivity index (χ2v) is 8.52. The van der Waals surface area contributed by atoms with Crippen LogP contribution in [0.2, 0.25) is 5.02 Å². The number of imidazole rings is 1. The minimum atomic E-state index is -3.49. The Morgan fingerprint density at radius 2 is 1.88 bits per heavy atom. The van der Waals surface area contributed by atoms with E-state index in [-0.39, 0.29) is 4.90 Å². The summed E-state index contributed by atoms with van der Waals surface area (Å²) in [7, 11) is -1.58. The number of hydrogen-bond donors (Lipinski definition) is 0. The average Bonchev–Trinajstić information content (AvgIpc) is 2.87. The molecular formula is C15H19ClN4O2S2. The van der Waals surface area contributed by atoms with E-state index in [1.165, 1.54) is 10.4 Å². The maximum absolute atomic E-state index is 12.7. The second-order valence-electron chi connectivity index (χ2n) is 5.78. The van der Waals surface area contributed by atoms with Gasteiger partial charge in [0.25, 0.3) is 0 Å². The van der Waals surface area contributed by atoms with Crippen LogP contribution >= 0.6 is 23.8 Å². The number of nitrogens with zero attached hydrogens (tertiary/aromatic N) is 4. The molecule has 2 aromatic rings. The third kappa shape index (κ3) is 3.57. The molecule has 1 aliphatic heterocycles. The molecule has 1 aliphatic rings. The molecule has 0 aliphatic carbocycles. The summed E-state index contributed by atoms with van der Waals surface area (Å²) in [5, 5.41) is 0.424. The molecule has 2 heterocycles. The van der Waals surface area contributed by atoms with Gasteiger partial charge < -0.3 is 9.13 Å². The van der Waals surface area contributed by atoms with Gasteiger partial charge in [0.15, 0.2) is 4.77 Å². The van der Waals surface area contributed by atoms with Crippen LogP contribution in [-0.2, 0) is 23.7 Å². The lowest BCUT2D eigenvalue weighted by molar-refractivity contribution is 0.151. The first kappa shape index (κ1) is 17.6. The number of halogens is 1. The zero-order valence-electron chi connectivity index (χ0n) is 13.3. The predicted molar refractivity (Wildman–Crippen MR) is 96.0 cm³/mol. The summed E-state index contributed by atoms with van der Waals surface area (Å²) in [5.74, 6) is 0. The highest BCUT2D eigenvalue weighted by atomic mass is 35.5. The van der Waals surface area contributed by atoms with Crippen molar-refractivity contribution in [1.82, 2.24) is 18.3 Å². The van der Waals surface area contributed by atoms with Gasteiger partial charge in [-0.25, -0.2) is 8.42 Å². The molecule has 0 saturated carbocycles. The largest absolute Gasteiger partial charge is 0.327 e. The fraction of sp³-hybridized carbons (Fsp3) is 0.400. The van der Waals surface area contributed by atoms with Gasteiger partial charge in [-0.1, -0.05) is 17.7 Å². The maximum atomic E-state index is 12.7. The molecule has 0 unspecified atom stereocenters. The first-order valence-corrected chi connectivity index (χ1v) is 9.80. The van der Waals surface area contributed by atoms with E-state index < -0.39 is 10.0 Å². The monoisotopic (exact) mass is 386 g/mol. The van der Waals surface area contributed by atoms with Crippen molar-refractivity contribution in [3.63, 3.8) is 0 Å². The van der Waals surface area contributed by atoms with Crippen LogP contribution in [0.25, 0.3) is 0 Å². The maximum Gasteiger partial charge on any atom is 0.243 e. The summed E-state index contributed by atoms with van der Waals surface area (Å²) >= 11 is 11.2. The molecule has 6 nitrogen and oxygen atoms in total. The van der Waals surface area contributed by atoms with Gasteiger partial charge in [0, 0.05) is 50.6 Å². The quantitative estimate of drug-likeness (QED) is 0.756. The summed E-state index contributed by atoms with van der Waals surface area (Å²) in [5.41, 5.74) is 0. The molecule has 0 bridgehead atoms. The van der Waals surface area contributed by atoms with Gasteiger partial charge in [-0.2, -0.15) is 4.31 Å². The topological polar surface area (TPSA) is 50.5 Å². The molecular weight excluding hydrogens is 368 g/mol. The van der Waals surface area contributed by atoms with Gasteiger partial charge in [-0.15, -0.1) is 0 Å². The van der Waals surface area contributed by atoms with Crippen LogP contribution in [-0.4, -0.2) is 52.9 Å². The smallest absolute Gasteiger partial charge is 0.243 e. The number of benzene rings is 1. The molecule has 1 aromatic heterocycles. The van der Waals surface area contributed by atoms with E-state index in [4.69, 9.17) is 23.8 Å². The van der Waals surface area contributed by atoms with Gasteiger partial charge in [-0.3, -0.25) is 4.90 Å². The van der Waals surface area contributed by atoms with Gasteiger partial charge >= 0.3 is 0 Å². The van der Waals surface area contributed by atoms with Crippen LogP contribution in [0.5, 0.6) is 0 Å². The molecule has 0 atom stereocenters. The Morgan fingerprint density at radius 3 is 2.46 bits per heavy atom. The van der Waals surface area contributed by atoms with Gasteiger partial charge in [0.2, 0.25) is 10.0 Å². The molecule has 1 fully saturated rings. The first-order valence-electron chi connectivity index (χ1n) is 7.58. The fourth-order valence-electron chi connectivity index (χ4n) is 2.72. The van der Waals surface area contributed by atoms with Crippen molar-refractivity contribution < 1.29 is 8.42 Å².